The number of thiophene rings is 1. The molecule has 2 rings (SSSR count). The van der Waals surface area contributed by atoms with E-state index >= 15 is 0 Å². The Kier molecular flexibility index (Phi) is 4.06. The van der Waals surface area contributed by atoms with Crippen LogP contribution in [0.4, 0.5) is 9.80 Å². The average molecular weight is 284 g/mol. The number of anilines is 1. The van der Waals surface area contributed by atoms with Crippen LogP contribution in [0.3, 0.4) is 0 Å². The van der Waals surface area contributed by atoms with Gasteiger partial charge < -0.3 is 15.2 Å². The second-order valence-corrected chi connectivity index (χ2v) is 5.43. The molecule has 0 saturated heterocycles. The van der Waals surface area contributed by atoms with Crippen LogP contribution in [0.1, 0.15) is 29.6 Å². The molecule has 104 valence electrons. The number of methoxy groups -OCH3 is 1. The van der Waals surface area contributed by atoms with Gasteiger partial charge in [0.25, 0.3) is 0 Å². The first-order chi connectivity index (χ1) is 9.06. The summed E-state index contributed by atoms with van der Waals surface area (Å²) in [5.41, 5.74) is -0.146. The summed E-state index contributed by atoms with van der Waals surface area (Å²) < 4.78 is 5.39. The maximum absolute atomic E-state index is 11.7. The van der Waals surface area contributed by atoms with Crippen LogP contribution in [0.2, 0.25) is 0 Å². The Labute approximate surface area is 114 Å². The predicted octanol–water partition coefficient (Wildman–Crippen LogP) is 2.14. The van der Waals surface area contributed by atoms with Gasteiger partial charge in [-0.3, -0.25) is 5.32 Å². The van der Waals surface area contributed by atoms with Gasteiger partial charge in [-0.25, -0.2) is 9.59 Å². The number of aromatic carboxylic acids is 1. The summed E-state index contributed by atoms with van der Waals surface area (Å²) in [5.74, 6) is -1.05. The van der Waals surface area contributed by atoms with E-state index in [9.17, 15) is 9.59 Å². The number of amides is 2. The van der Waals surface area contributed by atoms with Crippen molar-refractivity contribution >= 4 is 28.3 Å². The molecule has 1 aromatic rings. The topological polar surface area (TPSA) is 87.7 Å². The second-order valence-electron chi connectivity index (χ2n) is 4.52. The number of rotatable bonds is 5. The number of carboxylic acid groups (broad SMARTS) is 1. The SMILES string of the molecule is COC1(CNC(=O)Nc2sccc2C(=O)O)CCC1. The van der Waals surface area contributed by atoms with E-state index in [4.69, 9.17) is 9.84 Å². The molecule has 2 amide bonds. The molecule has 1 aliphatic rings. The Bertz CT molecular complexity index is 476. The molecule has 1 heterocycles. The van der Waals surface area contributed by atoms with Gasteiger partial charge in [-0.15, -0.1) is 11.3 Å². The van der Waals surface area contributed by atoms with Crippen LogP contribution in [0, 0.1) is 0 Å². The fraction of sp³-hybridized carbons (Fsp3) is 0.500. The minimum Gasteiger partial charge on any atom is -0.478 e. The van der Waals surface area contributed by atoms with E-state index in [0.717, 1.165) is 19.3 Å². The highest BCUT2D eigenvalue weighted by Gasteiger charge is 2.37. The molecule has 7 heteroatoms. The molecule has 1 aromatic heterocycles. The van der Waals surface area contributed by atoms with Crippen LogP contribution >= 0.6 is 11.3 Å². The lowest BCUT2D eigenvalue weighted by atomic mass is 9.80. The summed E-state index contributed by atoms with van der Waals surface area (Å²) in [5, 5.41) is 16.2. The standard InChI is InChI=1S/C12H16N2O4S/c1-18-12(4-2-5-12)7-13-11(17)14-9-8(10(15)16)3-6-19-9/h3,6H,2,4-5,7H2,1H3,(H,15,16)(H2,13,14,17). The molecule has 0 atom stereocenters. The normalized spacial score (nSPS) is 16.5. The average Bonchev–Trinajstić information content (AvgIpc) is 2.76. The Morgan fingerprint density at radius 3 is 2.79 bits per heavy atom. The van der Waals surface area contributed by atoms with Gasteiger partial charge in [-0.2, -0.15) is 0 Å². The van der Waals surface area contributed by atoms with E-state index < -0.39 is 12.0 Å². The highest BCUT2D eigenvalue weighted by molar-refractivity contribution is 7.14. The van der Waals surface area contributed by atoms with E-state index in [1.807, 2.05) is 0 Å². The molecule has 0 bridgehead atoms. The number of urea groups is 1. The fourth-order valence-corrected chi connectivity index (χ4v) is 2.76. The van der Waals surface area contributed by atoms with Crippen LogP contribution in [-0.4, -0.2) is 36.4 Å². The van der Waals surface area contributed by atoms with Crippen molar-refractivity contribution in [3.8, 4) is 0 Å². The van der Waals surface area contributed by atoms with Crippen molar-refractivity contribution in [3.05, 3.63) is 17.0 Å². The van der Waals surface area contributed by atoms with E-state index in [0.29, 0.717) is 11.5 Å². The molecule has 0 aromatic carbocycles. The molecule has 0 unspecified atom stereocenters. The van der Waals surface area contributed by atoms with Crippen molar-refractivity contribution in [1.29, 1.82) is 0 Å². The first-order valence-corrected chi connectivity index (χ1v) is 6.85. The third kappa shape index (κ3) is 3.05. The van der Waals surface area contributed by atoms with Gasteiger partial charge in [0.15, 0.2) is 0 Å². The van der Waals surface area contributed by atoms with E-state index in [1.54, 1.807) is 12.5 Å². The molecule has 6 nitrogen and oxygen atoms in total. The van der Waals surface area contributed by atoms with Gasteiger partial charge in [0.1, 0.15) is 5.00 Å². The molecule has 3 N–H and O–H groups in total. The summed E-state index contributed by atoms with van der Waals surface area (Å²) in [7, 11) is 1.64. The Balaban J connectivity index is 1.87. The van der Waals surface area contributed by atoms with Crippen molar-refractivity contribution in [2.24, 2.45) is 0 Å². The van der Waals surface area contributed by atoms with E-state index in [1.165, 1.54) is 17.4 Å². The minimum absolute atomic E-state index is 0.102. The number of hydrogen-bond donors (Lipinski definition) is 3. The second kappa shape index (κ2) is 5.58. The molecule has 0 aliphatic heterocycles. The molecular weight excluding hydrogens is 268 g/mol. The molecule has 19 heavy (non-hydrogen) atoms. The number of carbonyl (C=O) groups is 2. The minimum atomic E-state index is -1.05. The predicted molar refractivity (Wildman–Crippen MR) is 71.9 cm³/mol. The Hall–Kier alpha value is -1.60. The quantitative estimate of drug-likeness (QED) is 0.773. The lowest BCUT2D eigenvalue weighted by molar-refractivity contribution is -0.0671. The van der Waals surface area contributed by atoms with Crippen molar-refractivity contribution in [3.63, 3.8) is 0 Å². The summed E-state index contributed by atoms with van der Waals surface area (Å²) in [6, 6.07) is 1.05. The molecule has 0 radical (unpaired) electrons. The van der Waals surface area contributed by atoms with Crippen LogP contribution in [-0.2, 0) is 4.74 Å². The lowest BCUT2D eigenvalue weighted by Crippen LogP contribution is -2.50. The molecular formula is C12H16N2O4S. The largest absolute Gasteiger partial charge is 0.478 e. The van der Waals surface area contributed by atoms with Gasteiger partial charge in [0.2, 0.25) is 0 Å². The smallest absolute Gasteiger partial charge is 0.338 e. The van der Waals surface area contributed by atoms with Crippen molar-refractivity contribution in [2.45, 2.75) is 24.9 Å². The van der Waals surface area contributed by atoms with Crippen LogP contribution in [0.25, 0.3) is 0 Å². The van der Waals surface area contributed by atoms with Gasteiger partial charge in [-0.05, 0) is 30.7 Å². The summed E-state index contributed by atoms with van der Waals surface area (Å²) >= 11 is 1.18. The van der Waals surface area contributed by atoms with Crippen LogP contribution < -0.4 is 10.6 Å². The molecule has 0 spiro atoms. The zero-order valence-electron chi connectivity index (χ0n) is 10.6. The van der Waals surface area contributed by atoms with Gasteiger partial charge in [0, 0.05) is 13.7 Å². The van der Waals surface area contributed by atoms with Crippen molar-refractivity contribution < 1.29 is 19.4 Å². The third-order valence-electron chi connectivity index (χ3n) is 3.39. The molecule has 1 aliphatic carbocycles. The van der Waals surface area contributed by atoms with Crippen LogP contribution in [0.15, 0.2) is 11.4 Å². The number of nitrogens with one attached hydrogen (secondary N) is 2. The zero-order chi connectivity index (χ0) is 13.9. The fourth-order valence-electron chi connectivity index (χ4n) is 1.99. The Morgan fingerprint density at radius 2 is 2.26 bits per heavy atom. The van der Waals surface area contributed by atoms with Gasteiger partial charge in [-0.1, -0.05) is 0 Å². The maximum atomic E-state index is 11.7. The molecule has 1 fully saturated rings. The molecule has 1 saturated carbocycles. The Morgan fingerprint density at radius 1 is 1.53 bits per heavy atom. The summed E-state index contributed by atoms with van der Waals surface area (Å²) in [6.07, 6.45) is 2.97. The van der Waals surface area contributed by atoms with Gasteiger partial charge >= 0.3 is 12.0 Å². The summed E-state index contributed by atoms with van der Waals surface area (Å²) in [6.45, 7) is 0.434. The lowest BCUT2D eigenvalue weighted by Gasteiger charge is -2.40. The zero-order valence-corrected chi connectivity index (χ0v) is 11.4. The number of carbonyl (C=O) groups excluding carboxylic acids is 1. The first-order valence-electron chi connectivity index (χ1n) is 5.97. The highest BCUT2D eigenvalue weighted by Crippen LogP contribution is 2.34. The number of ether oxygens (including phenoxy) is 1. The number of carboxylic acids is 1. The van der Waals surface area contributed by atoms with E-state index in [-0.39, 0.29) is 11.2 Å². The summed E-state index contributed by atoms with van der Waals surface area (Å²) in [4.78, 5) is 22.6. The highest BCUT2D eigenvalue weighted by atomic mass is 32.1. The van der Waals surface area contributed by atoms with Crippen molar-refractivity contribution in [2.75, 3.05) is 19.0 Å². The number of hydrogen-bond acceptors (Lipinski definition) is 4. The van der Waals surface area contributed by atoms with Gasteiger partial charge in [0.05, 0.1) is 11.2 Å². The maximum Gasteiger partial charge on any atom is 0.338 e. The third-order valence-corrected chi connectivity index (χ3v) is 4.22. The van der Waals surface area contributed by atoms with E-state index in [2.05, 4.69) is 10.6 Å². The first kappa shape index (κ1) is 13.8. The van der Waals surface area contributed by atoms with Crippen molar-refractivity contribution in [1.82, 2.24) is 5.32 Å². The van der Waals surface area contributed by atoms with Crippen LogP contribution in [0.5, 0.6) is 0 Å². The monoisotopic (exact) mass is 284 g/mol.